The van der Waals surface area contributed by atoms with Gasteiger partial charge in [0.15, 0.2) is 0 Å². The van der Waals surface area contributed by atoms with Crippen molar-refractivity contribution >= 4 is 37.5 Å². The normalized spacial score (nSPS) is 15.9. The van der Waals surface area contributed by atoms with Gasteiger partial charge in [-0.15, -0.1) is 0 Å². The molecule has 0 unspecified atom stereocenters. The zero-order valence-electron chi connectivity index (χ0n) is 18.4. The smallest absolute Gasteiger partial charge is 0.336 e. The molecule has 3 aromatic rings. The number of carbonyl (C=O) groups excluding carboxylic acids is 1. The number of thiazole rings is 1. The number of aromatic nitrogens is 1. The van der Waals surface area contributed by atoms with Gasteiger partial charge in [-0.05, 0) is 44.2 Å². The van der Waals surface area contributed by atoms with E-state index in [1.54, 1.807) is 10.6 Å². The Bertz CT molecular complexity index is 1400. The largest absolute Gasteiger partial charge is 0.417 e. The highest BCUT2D eigenvalue weighted by Crippen LogP contribution is 2.33. The number of alkyl halides is 3. The Morgan fingerprint density at radius 2 is 1.68 bits per heavy atom. The predicted octanol–water partition coefficient (Wildman–Crippen LogP) is 3.81. The van der Waals surface area contributed by atoms with E-state index in [4.69, 9.17) is 0 Å². The zero-order chi connectivity index (χ0) is 24.8. The van der Waals surface area contributed by atoms with E-state index < -0.39 is 33.2 Å². The molecule has 182 valence electrons. The average Bonchev–Trinajstić information content (AvgIpc) is 3.13. The third-order valence-corrected chi connectivity index (χ3v) is 8.54. The van der Waals surface area contributed by atoms with Crippen LogP contribution in [0.15, 0.2) is 52.2 Å². The fourth-order valence-corrected chi connectivity index (χ4v) is 6.61. The molecule has 1 saturated heterocycles. The number of hydrogen-bond donors (Lipinski definition) is 0. The highest BCUT2D eigenvalue weighted by atomic mass is 32.2. The minimum Gasteiger partial charge on any atom is -0.336 e. The third-order valence-electron chi connectivity index (χ3n) is 5.73. The number of sulfonamides is 1. The van der Waals surface area contributed by atoms with Gasteiger partial charge < -0.3 is 4.90 Å². The maximum absolute atomic E-state index is 13.3. The van der Waals surface area contributed by atoms with Crippen molar-refractivity contribution in [3.63, 3.8) is 0 Å². The van der Waals surface area contributed by atoms with E-state index in [9.17, 15) is 31.2 Å². The second kappa shape index (κ2) is 8.82. The molecule has 0 atom stereocenters. The first-order valence-electron chi connectivity index (χ1n) is 10.5. The second-order valence-corrected chi connectivity index (χ2v) is 11.1. The van der Waals surface area contributed by atoms with Crippen molar-refractivity contribution in [3.8, 4) is 0 Å². The molecule has 1 aliphatic heterocycles. The number of amides is 1. The Morgan fingerprint density at radius 3 is 2.29 bits per heavy atom. The summed E-state index contributed by atoms with van der Waals surface area (Å²) in [5.74, 6) is -0.786. The standard InChI is InChI=1S/C22H22F3N3O4S2/c1-14(2)28-18-8-7-15(13-19(18)33-21(28)30)34(31,32)27-11-9-26(10-12-27)20(29)16-5-3-4-6-17(16)22(23,24)25/h3-8,13-14H,9-12H2,1-2H3. The first kappa shape index (κ1) is 24.4. The second-order valence-electron chi connectivity index (χ2n) is 8.20. The Morgan fingerprint density at radius 1 is 1.03 bits per heavy atom. The van der Waals surface area contributed by atoms with Crippen LogP contribution in [0, 0.1) is 0 Å². The van der Waals surface area contributed by atoms with Gasteiger partial charge in [0.05, 0.1) is 26.2 Å². The molecule has 0 saturated carbocycles. The lowest BCUT2D eigenvalue weighted by atomic mass is 10.1. The molecule has 12 heteroatoms. The van der Waals surface area contributed by atoms with Crippen molar-refractivity contribution in [2.24, 2.45) is 0 Å². The zero-order valence-corrected chi connectivity index (χ0v) is 20.0. The summed E-state index contributed by atoms with van der Waals surface area (Å²) in [6.07, 6.45) is -4.67. The Kier molecular flexibility index (Phi) is 6.34. The van der Waals surface area contributed by atoms with E-state index in [2.05, 4.69) is 0 Å². The van der Waals surface area contributed by atoms with E-state index in [-0.39, 0.29) is 42.0 Å². The van der Waals surface area contributed by atoms with Gasteiger partial charge in [0, 0.05) is 32.2 Å². The first-order valence-corrected chi connectivity index (χ1v) is 12.8. The number of fused-ring (bicyclic) bond motifs is 1. The molecule has 34 heavy (non-hydrogen) atoms. The van der Waals surface area contributed by atoms with Crippen LogP contribution in [-0.2, 0) is 16.2 Å². The van der Waals surface area contributed by atoms with Gasteiger partial charge in [-0.3, -0.25) is 14.2 Å². The number of carbonyl (C=O) groups is 1. The predicted molar refractivity (Wildman–Crippen MR) is 123 cm³/mol. The van der Waals surface area contributed by atoms with E-state index in [1.807, 2.05) is 13.8 Å². The van der Waals surface area contributed by atoms with Crippen molar-refractivity contribution in [1.82, 2.24) is 13.8 Å². The third kappa shape index (κ3) is 4.37. The van der Waals surface area contributed by atoms with Crippen LogP contribution >= 0.6 is 11.3 Å². The molecule has 0 spiro atoms. The van der Waals surface area contributed by atoms with Crippen molar-refractivity contribution in [1.29, 1.82) is 0 Å². The van der Waals surface area contributed by atoms with Crippen LogP contribution in [-0.4, -0.2) is 54.3 Å². The molecule has 2 aromatic carbocycles. The van der Waals surface area contributed by atoms with Crippen molar-refractivity contribution in [2.45, 2.75) is 31.0 Å². The summed E-state index contributed by atoms with van der Waals surface area (Å²) in [6.45, 7) is 3.55. The van der Waals surface area contributed by atoms with Gasteiger partial charge in [0.25, 0.3) is 5.91 Å². The number of piperazine rings is 1. The summed E-state index contributed by atoms with van der Waals surface area (Å²) < 4.78 is 69.6. The fourth-order valence-electron chi connectivity index (χ4n) is 4.03. The van der Waals surface area contributed by atoms with Crippen LogP contribution < -0.4 is 4.87 Å². The fraction of sp³-hybridized carbons (Fsp3) is 0.364. The maximum Gasteiger partial charge on any atom is 0.417 e. The van der Waals surface area contributed by atoms with Gasteiger partial charge in [-0.25, -0.2) is 8.42 Å². The molecular weight excluding hydrogens is 491 g/mol. The number of benzene rings is 2. The van der Waals surface area contributed by atoms with Crippen LogP contribution in [0.4, 0.5) is 13.2 Å². The van der Waals surface area contributed by atoms with E-state index >= 15 is 0 Å². The first-order chi connectivity index (χ1) is 15.9. The number of rotatable bonds is 4. The molecule has 0 radical (unpaired) electrons. The molecule has 0 N–H and O–H groups in total. The SMILES string of the molecule is CC(C)n1c(=O)sc2cc(S(=O)(=O)N3CCN(C(=O)c4ccccc4C(F)(F)F)CC3)ccc21. The lowest BCUT2D eigenvalue weighted by Crippen LogP contribution is -2.50. The molecule has 7 nitrogen and oxygen atoms in total. The molecule has 1 fully saturated rings. The van der Waals surface area contributed by atoms with Gasteiger partial charge in [-0.2, -0.15) is 17.5 Å². The van der Waals surface area contributed by atoms with Crippen LogP contribution in [0.1, 0.15) is 35.8 Å². The number of hydrogen-bond acceptors (Lipinski definition) is 5. The Balaban J connectivity index is 1.53. The summed E-state index contributed by atoms with van der Waals surface area (Å²) in [7, 11) is -3.91. The monoisotopic (exact) mass is 513 g/mol. The van der Waals surface area contributed by atoms with Gasteiger partial charge >= 0.3 is 11.0 Å². The Labute approximate surface area is 198 Å². The van der Waals surface area contributed by atoms with Gasteiger partial charge in [-0.1, -0.05) is 23.5 Å². The lowest BCUT2D eigenvalue weighted by Gasteiger charge is -2.34. The minimum absolute atomic E-state index is 0.0272. The molecule has 1 amide bonds. The molecule has 4 rings (SSSR count). The van der Waals surface area contributed by atoms with E-state index in [0.29, 0.717) is 10.2 Å². The highest BCUT2D eigenvalue weighted by Gasteiger charge is 2.37. The van der Waals surface area contributed by atoms with Crippen LogP contribution in [0.25, 0.3) is 10.2 Å². The van der Waals surface area contributed by atoms with Crippen molar-refractivity contribution in [3.05, 3.63) is 63.3 Å². The van der Waals surface area contributed by atoms with E-state index in [1.165, 1.54) is 33.5 Å². The summed E-state index contributed by atoms with van der Waals surface area (Å²) in [5, 5.41) is 0. The number of nitrogens with zero attached hydrogens (tertiary/aromatic N) is 3. The molecule has 2 heterocycles. The summed E-state index contributed by atoms with van der Waals surface area (Å²) >= 11 is 0.969. The molecule has 1 aliphatic rings. The quantitative estimate of drug-likeness (QED) is 0.532. The van der Waals surface area contributed by atoms with Crippen LogP contribution in [0.3, 0.4) is 0 Å². The Hall–Kier alpha value is -2.70. The molecule has 1 aromatic heterocycles. The van der Waals surface area contributed by atoms with Crippen molar-refractivity contribution < 1.29 is 26.4 Å². The molecular formula is C22H22F3N3O4S2. The van der Waals surface area contributed by atoms with Crippen LogP contribution in [0.2, 0.25) is 0 Å². The topological polar surface area (TPSA) is 79.7 Å². The molecule has 0 aliphatic carbocycles. The van der Waals surface area contributed by atoms with Gasteiger partial charge in [0.1, 0.15) is 0 Å². The van der Waals surface area contributed by atoms with Crippen LogP contribution in [0.5, 0.6) is 0 Å². The summed E-state index contributed by atoms with van der Waals surface area (Å²) in [6, 6.07) is 8.99. The minimum atomic E-state index is -4.67. The highest BCUT2D eigenvalue weighted by molar-refractivity contribution is 7.89. The average molecular weight is 514 g/mol. The van der Waals surface area contributed by atoms with E-state index in [0.717, 1.165) is 23.5 Å². The molecule has 0 bridgehead atoms. The number of halogens is 3. The van der Waals surface area contributed by atoms with Gasteiger partial charge in [0.2, 0.25) is 10.0 Å². The lowest BCUT2D eigenvalue weighted by molar-refractivity contribution is -0.138. The summed E-state index contributed by atoms with van der Waals surface area (Å²) in [4.78, 5) is 26.1. The summed E-state index contributed by atoms with van der Waals surface area (Å²) in [5.41, 5.74) is -0.820. The maximum atomic E-state index is 13.3. The van der Waals surface area contributed by atoms with Crippen molar-refractivity contribution in [2.75, 3.05) is 26.2 Å².